The molecule has 0 saturated carbocycles. The van der Waals surface area contributed by atoms with Crippen LogP contribution in [0.15, 0.2) is 24.3 Å². The van der Waals surface area contributed by atoms with Crippen molar-refractivity contribution in [1.29, 1.82) is 0 Å². The molecule has 0 spiro atoms. The second-order valence-corrected chi connectivity index (χ2v) is 5.45. The van der Waals surface area contributed by atoms with E-state index >= 15 is 0 Å². The molecule has 0 heterocycles. The Kier molecular flexibility index (Phi) is 7.90. The standard InChI is InChI=1S/C16H25N3O4/c1-18(2)16(21)12-19(3)11-15(20)17-9-10-23-14-8-6-5-7-13(14)22-4/h5-8H,9-12H2,1-4H3,(H,17,20)/p+1. The lowest BCUT2D eigenvalue weighted by Gasteiger charge is -2.16. The van der Waals surface area contributed by atoms with Gasteiger partial charge in [0.2, 0.25) is 0 Å². The zero-order chi connectivity index (χ0) is 17.2. The number of carbonyl (C=O) groups is 2. The number of para-hydroxylation sites is 2. The van der Waals surface area contributed by atoms with Crippen LogP contribution in [0.3, 0.4) is 0 Å². The molecule has 0 fully saturated rings. The minimum atomic E-state index is -0.113. The minimum absolute atomic E-state index is 0.00481. The first-order valence-corrected chi connectivity index (χ1v) is 7.48. The molecule has 0 saturated heterocycles. The van der Waals surface area contributed by atoms with E-state index in [4.69, 9.17) is 9.47 Å². The van der Waals surface area contributed by atoms with Crippen molar-refractivity contribution in [2.45, 2.75) is 0 Å². The van der Waals surface area contributed by atoms with Crippen LogP contribution in [-0.4, -0.2) is 71.2 Å². The fourth-order valence-electron chi connectivity index (χ4n) is 1.90. The van der Waals surface area contributed by atoms with Crippen molar-refractivity contribution in [3.63, 3.8) is 0 Å². The van der Waals surface area contributed by atoms with Gasteiger partial charge in [0.1, 0.15) is 6.61 Å². The smallest absolute Gasteiger partial charge is 0.277 e. The van der Waals surface area contributed by atoms with Crippen LogP contribution in [-0.2, 0) is 9.59 Å². The van der Waals surface area contributed by atoms with Crippen LogP contribution in [0.2, 0.25) is 0 Å². The van der Waals surface area contributed by atoms with E-state index in [-0.39, 0.29) is 24.9 Å². The number of methoxy groups -OCH3 is 1. The third-order valence-electron chi connectivity index (χ3n) is 3.17. The number of rotatable bonds is 9. The first-order valence-electron chi connectivity index (χ1n) is 7.48. The third kappa shape index (κ3) is 7.01. The summed E-state index contributed by atoms with van der Waals surface area (Å²) >= 11 is 0. The van der Waals surface area contributed by atoms with E-state index in [1.165, 1.54) is 4.90 Å². The molecule has 0 aromatic heterocycles. The number of quaternary nitrogens is 1. The van der Waals surface area contributed by atoms with Crippen molar-refractivity contribution in [2.24, 2.45) is 0 Å². The molecule has 1 rings (SSSR count). The first-order chi connectivity index (χ1) is 10.9. The fourth-order valence-corrected chi connectivity index (χ4v) is 1.90. The zero-order valence-electron chi connectivity index (χ0n) is 14.2. The summed E-state index contributed by atoms with van der Waals surface area (Å²) < 4.78 is 10.8. The van der Waals surface area contributed by atoms with Gasteiger partial charge in [0.25, 0.3) is 11.8 Å². The Balaban J connectivity index is 2.25. The quantitative estimate of drug-likeness (QED) is 0.560. The Morgan fingerprint density at radius 1 is 1.17 bits per heavy atom. The van der Waals surface area contributed by atoms with Gasteiger partial charge in [-0.2, -0.15) is 0 Å². The Labute approximate surface area is 137 Å². The predicted octanol–water partition coefficient (Wildman–Crippen LogP) is -1.21. The Morgan fingerprint density at radius 3 is 2.43 bits per heavy atom. The van der Waals surface area contributed by atoms with Crippen LogP contribution in [0.4, 0.5) is 0 Å². The van der Waals surface area contributed by atoms with Crippen LogP contribution in [0.1, 0.15) is 0 Å². The molecule has 1 aromatic rings. The molecule has 0 aliphatic carbocycles. The maximum atomic E-state index is 11.8. The van der Waals surface area contributed by atoms with Gasteiger partial charge in [-0.05, 0) is 12.1 Å². The molecule has 1 unspecified atom stereocenters. The molecule has 1 atom stereocenters. The molecule has 1 aromatic carbocycles. The third-order valence-corrected chi connectivity index (χ3v) is 3.17. The maximum Gasteiger partial charge on any atom is 0.277 e. The molecule has 2 N–H and O–H groups in total. The van der Waals surface area contributed by atoms with Gasteiger partial charge in [0, 0.05) is 14.1 Å². The van der Waals surface area contributed by atoms with E-state index in [0.29, 0.717) is 24.7 Å². The summed E-state index contributed by atoms with van der Waals surface area (Å²) in [5, 5.41) is 2.77. The fraction of sp³-hybridized carbons (Fsp3) is 0.500. The average molecular weight is 324 g/mol. The first kappa shape index (κ1) is 18.8. The molecular weight excluding hydrogens is 298 g/mol. The lowest BCUT2D eigenvalue weighted by atomic mass is 10.3. The van der Waals surface area contributed by atoms with Gasteiger partial charge >= 0.3 is 0 Å². The number of benzene rings is 1. The van der Waals surface area contributed by atoms with E-state index < -0.39 is 0 Å². The van der Waals surface area contributed by atoms with Crippen molar-refractivity contribution >= 4 is 11.8 Å². The molecule has 0 aliphatic rings. The van der Waals surface area contributed by atoms with Crippen molar-refractivity contribution in [2.75, 3.05) is 54.5 Å². The summed E-state index contributed by atoms with van der Waals surface area (Å²) in [5.74, 6) is 1.18. The van der Waals surface area contributed by atoms with Gasteiger partial charge in [0.15, 0.2) is 24.6 Å². The Morgan fingerprint density at radius 2 is 1.83 bits per heavy atom. The van der Waals surface area contributed by atoms with E-state index in [9.17, 15) is 9.59 Å². The van der Waals surface area contributed by atoms with Gasteiger partial charge in [0.05, 0.1) is 20.7 Å². The highest BCUT2D eigenvalue weighted by Gasteiger charge is 2.15. The summed E-state index contributed by atoms with van der Waals surface area (Å²) in [5.41, 5.74) is 0. The van der Waals surface area contributed by atoms with E-state index in [2.05, 4.69) is 5.32 Å². The molecule has 23 heavy (non-hydrogen) atoms. The molecule has 0 radical (unpaired) electrons. The predicted molar refractivity (Wildman–Crippen MR) is 86.8 cm³/mol. The monoisotopic (exact) mass is 324 g/mol. The normalized spacial score (nSPS) is 11.5. The molecule has 7 heteroatoms. The lowest BCUT2D eigenvalue weighted by molar-refractivity contribution is -0.862. The topological polar surface area (TPSA) is 72.3 Å². The van der Waals surface area contributed by atoms with Gasteiger partial charge in [-0.25, -0.2) is 0 Å². The SMILES string of the molecule is COc1ccccc1OCCNC(=O)C[NH+](C)CC(=O)N(C)C. The van der Waals surface area contributed by atoms with Gasteiger partial charge in [-0.1, -0.05) is 12.1 Å². The van der Waals surface area contributed by atoms with Crippen LogP contribution < -0.4 is 19.7 Å². The zero-order valence-corrected chi connectivity index (χ0v) is 14.2. The largest absolute Gasteiger partial charge is 0.493 e. The van der Waals surface area contributed by atoms with Crippen molar-refractivity contribution in [3.05, 3.63) is 24.3 Å². The number of nitrogens with zero attached hydrogens (tertiary/aromatic N) is 1. The highest BCUT2D eigenvalue weighted by atomic mass is 16.5. The average Bonchev–Trinajstić information content (AvgIpc) is 2.51. The Hall–Kier alpha value is -2.28. The van der Waals surface area contributed by atoms with Gasteiger partial charge in [-0.15, -0.1) is 0 Å². The molecule has 128 valence electrons. The van der Waals surface area contributed by atoms with E-state index in [1.807, 2.05) is 31.3 Å². The number of likely N-dealkylation sites (N-methyl/N-ethyl adjacent to an activating group) is 2. The van der Waals surface area contributed by atoms with Crippen LogP contribution in [0.5, 0.6) is 11.5 Å². The van der Waals surface area contributed by atoms with E-state index in [1.54, 1.807) is 21.2 Å². The summed E-state index contributed by atoms with van der Waals surface area (Å²) in [4.78, 5) is 25.7. The van der Waals surface area contributed by atoms with Crippen LogP contribution >= 0.6 is 0 Å². The van der Waals surface area contributed by atoms with Crippen molar-refractivity contribution in [3.8, 4) is 11.5 Å². The number of nitrogens with one attached hydrogen (secondary N) is 2. The summed E-state index contributed by atoms with van der Waals surface area (Å²) in [6, 6.07) is 7.34. The number of hydrogen-bond acceptors (Lipinski definition) is 4. The van der Waals surface area contributed by atoms with Crippen LogP contribution in [0, 0.1) is 0 Å². The van der Waals surface area contributed by atoms with Crippen LogP contribution in [0.25, 0.3) is 0 Å². The number of ether oxygens (including phenoxy) is 2. The number of amides is 2. The lowest BCUT2D eigenvalue weighted by Crippen LogP contribution is -3.11. The molecular formula is C16H26N3O4+. The van der Waals surface area contributed by atoms with Gasteiger partial charge in [-0.3, -0.25) is 9.59 Å². The minimum Gasteiger partial charge on any atom is -0.493 e. The second kappa shape index (κ2) is 9.68. The van der Waals surface area contributed by atoms with Crippen molar-refractivity contribution in [1.82, 2.24) is 10.2 Å². The highest BCUT2D eigenvalue weighted by molar-refractivity contribution is 5.78. The summed E-state index contributed by atoms with van der Waals surface area (Å²) in [6.45, 7) is 1.28. The highest BCUT2D eigenvalue weighted by Crippen LogP contribution is 2.25. The Bertz CT molecular complexity index is 520. The number of hydrogen-bond donors (Lipinski definition) is 2. The maximum absolute atomic E-state index is 11.8. The second-order valence-electron chi connectivity index (χ2n) is 5.45. The molecule has 7 nitrogen and oxygen atoms in total. The molecule has 0 aliphatic heterocycles. The van der Waals surface area contributed by atoms with E-state index in [0.717, 1.165) is 4.90 Å². The number of carbonyl (C=O) groups excluding carboxylic acids is 2. The summed E-state index contributed by atoms with van der Waals surface area (Å²) in [7, 11) is 6.79. The van der Waals surface area contributed by atoms with Crippen molar-refractivity contribution < 1.29 is 24.0 Å². The molecule has 0 bridgehead atoms. The molecule has 2 amide bonds. The van der Waals surface area contributed by atoms with Gasteiger partial charge < -0.3 is 24.6 Å². The summed E-state index contributed by atoms with van der Waals surface area (Å²) in [6.07, 6.45) is 0.